The molecular formula is C14H17ClF2N2O2. The molecule has 0 saturated heterocycles. The van der Waals surface area contributed by atoms with Crippen molar-refractivity contribution in [3.63, 3.8) is 0 Å². The third-order valence-electron chi connectivity index (χ3n) is 3.63. The van der Waals surface area contributed by atoms with Crippen LogP contribution in [-0.2, 0) is 4.74 Å². The van der Waals surface area contributed by atoms with Crippen LogP contribution in [0.1, 0.15) is 30.1 Å². The largest absolute Gasteiger partial charge is 0.462 e. The third-order valence-corrected chi connectivity index (χ3v) is 3.94. The lowest BCUT2D eigenvalue weighted by Crippen LogP contribution is -2.23. The number of anilines is 2. The maximum absolute atomic E-state index is 12.9. The highest BCUT2D eigenvalue weighted by Gasteiger charge is 2.50. The molecule has 1 saturated carbocycles. The first-order valence-electron chi connectivity index (χ1n) is 6.68. The summed E-state index contributed by atoms with van der Waals surface area (Å²) in [7, 11) is 0. The van der Waals surface area contributed by atoms with Crippen molar-refractivity contribution in [3.8, 4) is 0 Å². The second-order valence-corrected chi connectivity index (χ2v) is 5.56. The first kappa shape index (κ1) is 15.8. The van der Waals surface area contributed by atoms with E-state index < -0.39 is 17.8 Å². The molecule has 1 aliphatic rings. The van der Waals surface area contributed by atoms with Gasteiger partial charge in [-0.15, -0.1) is 0 Å². The molecule has 2 rings (SSSR count). The lowest BCUT2D eigenvalue weighted by molar-refractivity contribution is 0.0526. The molecule has 3 N–H and O–H groups in total. The van der Waals surface area contributed by atoms with Gasteiger partial charge in [0, 0.05) is 12.0 Å². The van der Waals surface area contributed by atoms with E-state index in [4.69, 9.17) is 22.1 Å². The average molecular weight is 319 g/mol. The van der Waals surface area contributed by atoms with Gasteiger partial charge in [0.25, 0.3) is 0 Å². The van der Waals surface area contributed by atoms with Gasteiger partial charge in [-0.1, -0.05) is 11.6 Å². The Morgan fingerprint density at radius 2 is 2.19 bits per heavy atom. The molecule has 0 bridgehead atoms. The van der Waals surface area contributed by atoms with Crippen LogP contribution in [0, 0.1) is 5.41 Å². The van der Waals surface area contributed by atoms with E-state index in [1.807, 2.05) is 0 Å². The number of carbonyl (C=O) groups excluding carboxylic acids is 1. The second kappa shape index (κ2) is 6.05. The molecule has 4 nitrogen and oxygen atoms in total. The number of rotatable bonds is 6. The molecule has 1 fully saturated rings. The first-order chi connectivity index (χ1) is 9.89. The predicted molar refractivity (Wildman–Crippen MR) is 78.0 cm³/mol. The fourth-order valence-corrected chi connectivity index (χ4v) is 2.22. The minimum Gasteiger partial charge on any atom is -0.462 e. The van der Waals surface area contributed by atoms with Gasteiger partial charge >= 0.3 is 5.97 Å². The van der Waals surface area contributed by atoms with Gasteiger partial charge in [0.15, 0.2) is 0 Å². The van der Waals surface area contributed by atoms with Crippen molar-refractivity contribution in [1.29, 1.82) is 0 Å². The molecule has 0 spiro atoms. The Morgan fingerprint density at radius 1 is 1.52 bits per heavy atom. The normalized spacial score (nSPS) is 15.9. The van der Waals surface area contributed by atoms with Crippen LogP contribution in [0.5, 0.6) is 0 Å². The lowest BCUT2D eigenvalue weighted by atomic mass is 10.1. The molecule has 0 radical (unpaired) electrons. The predicted octanol–water partition coefficient (Wildman–Crippen LogP) is 3.56. The van der Waals surface area contributed by atoms with E-state index >= 15 is 0 Å². The molecule has 1 aliphatic carbocycles. The maximum Gasteiger partial charge on any atom is 0.338 e. The molecule has 1 aromatic carbocycles. The summed E-state index contributed by atoms with van der Waals surface area (Å²) in [5.41, 5.74) is 5.67. The molecule has 21 heavy (non-hydrogen) atoms. The van der Waals surface area contributed by atoms with Gasteiger partial charge < -0.3 is 15.8 Å². The Labute approximate surface area is 126 Å². The second-order valence-electron chi connectivity index (χ2n) is 5.16. The molecular weight excluding hydrogens is 302 g/mol. The van der Waals surface area contributed by atoms with Crippen molar-refractivity contribution in [2.75, 3.05) is 24.2 Å². The number of hydrogen-bond donors (Lipinski definition) is 2. The monoisotopic (exact) mass is 318 g/mol. The van der Waals surface area contributed by atoms with Crippen molar-refractivity contribution in [3.05, 3.63) is 22.7 Å². The summed E-state index contributed by atoms with van der Waals surface area (Å²) in [5.74, 6) is -0.530. The van der Waals surface area contributed by atoms with Crippen LogP contribution in [0.15, 0.2) is 12.1 Å². The lowest BCUT2D eigenvalue weighted by Gasteiger charge is -2.18. The molecule has 116 valence electrons. The zero-order chi connectivity index (χ0) is 15.6. The summed E-state index contributed by atoms with van der Waals surface area (Å²) in [5, 5.41) is 3.06. The van der Waals surface area contributed by atoms with Crippen molar-refractivity contribution in [2.24, 2.45) is 5.41 Å². The van der Waals surface area contributed by atoms with E-state index in [0.717, 1.165) is 0 Å². The zero-order valence-electron chi connectivity index (χ0n) is 11.6. The van der Waals surface area contributed by atoms with Crippen molar-refractivity contribution >= 4 is 28.9 Å². The van der Waals surface area contributed by atoms with Crippen LogP contribution < -0.4 is 11.1 Å². The first-order valence-corrected chi connectivity index (χ1v) is 7.05. The highest BCUT2D eigenvalue weighted by molar-refractivity contribution is 6.34. The number of carbonyl (C=O) groups is 1. The van der Waals surface area contributed by atoms with E-state index in [1.165, 1.54) is 12.1 Å². The van der Waals surface area contributed by atoms with Gasteiger partial charge in [-0.05, 0) is 31.9 Å². The minimum absolute atomic E-state index is 0.0947. The zero-order valence-corrected chi connectivity index (χ0v) is 12.3. The number of hydrogen-bond acceptors (Lipinski definition) is 4. The van der Waals surface area contributed by atoms with E-state index in [2.05, 4.69) is 5.32 Å². The number of nitrogens with one attached hydrogen (secondary N) is 1. The maximum atomic E-state index is 12.9. The van der Waals surface area contributed by atoms with E-state index in [-0.39, 0.29) is 29.4 Å². The van der Waals surface area contributed by atoms with Gasteiger partial charge in [0.05, 0.1) is 28.6 Å². The Balaban J connectivity index is 2.16. The van der Waals surface area contributed by atoms with Gasteiger partial charge in [0.1, 0.15) is 0 Å². The minimum atomic E-state index is -2.38. The average Bonchev–Trinajstić information content (AvgIpc) is 3.21. The standard InChI is InChI=1S/C14H17ClF2N2O2/c1-2-21-12(20)8-5-9(15)11(18)10(6-8)19-7-14(3-4-14)13(16)17/h5-6,13,19H,2-4,7,18H2,1H3. The van der Waals surface area contributed by atoms with E-state index in [0.29, 0.717) is 18.5 Å². The number of nitrogen functional groups attached to an aromatic ring is 1. The van der Waals surface area contributed by atoms with Crippen LogP contribution >= 0.6 is 11.6 Å². The van der Waals surface area contributed by atoms with Crippen LogP contribution in [0.25, 0.3) is 0 Å². The number of benzene rings is 1. The SMILES string of the molecule is CCOC(=O)c1cc(Cl)c(N)c(NCC2(C(F)F)CC2)c1. The highest BCUT2D eigenvalue weighted by Crippen LogP contribution is 2.50. The van der Waals surface area contributed by atoms with Crippen molar-refractivity contribution in [1.82, 2.24) is 0 Å². The molecule has 0 unspecified atom stereocenters. The van der Waals surface area contributed by atoms with Crippen LogP contribution in [0.3, 0.4) is 0 Å². The Morgan fingerprint density at radius 3 is 2.71 bits per heavy atom. The van der Waals surface area contributed by atoms with Crippen molar-refractivity contribution < 1.29 is 18.3 Å². The van der Waals surface area contributed by atoms with Gasteiger partial charge in [0.2, 0.25) is 6.43 Å². The molecule has 0 atom stereocenters. The fraction of sp³-hybridized carbons (Fsp3) is 0.500. The topological polar surface area (TPSA) is 64.3 Å². The summed E-state index contributed by atoms with van der Waals surface area (Å²) in [6.07, 6.45) is -1.43. The Bertz CT molecular complexity index is 548. The van der Waals surface area contributed by atoms with E-state index in [9.17, 15) is 13.6 Å². The quantitative estimate of drug-likeness (QED) is 0.622. The Hall–Kier alpha value is -1.56. The summed E-state index contributed by atoms with van der Waals surface area (Å²) in [4.78, 5) is 11.7. The fourth-order valence-electron chi connectivity index (χ4n) is 2.00. The third kappa shape index (κ3) is 3.37. The summed E-state index contributed by atoms with van der Waals surface area (Å²) < 4.78 is 30.7. The van der Waals surface area contributed by atoms with Crippen LogP contribution in [-0.4, -0.2) is 25.5 Å². The molecule has 0 aromatic heterocycles. The van der Waals surface area contributed by atoms with Crippen molar-refractivity contribution in [2.45, 2.75) is 26.2 Å². The van der Waals surface area contributed by atoms with E-state index in [1.54, 1.807) is 6.92 Å². The van der Waals surface area contributed by atoms with Crippen LogP contribution in [0.4, 0.5) is 20.2 Å². The molecule has 1 aromatic rings. The highest BCUT2D eigenvalue weighted by atomic mass is 35.5. The molecule has 0 amide bonds. The number of alkyl halides is 2. The van der Waals surface area contributed by atoms with Gasteiger partial charge in [-0.3, -0.25) is 0 Å². The number of halogens is 3. The molecule has 0 aliphatic heterocycles. The van der Waals surface area contributed by atoms with Crippen LogP contribution in [0.2, 0.25) is 5.02 Å². The summed E-state index contributed by atoms with van der Waals surface area (Å²) in [6, 6.07) is 2.88. The van der Waals surface area contributed by atoms with Gasteiger partial charge in [-0.25, -0.2) is 13.6 Å². The number of nitrogens with two attached hydrogens (primary N) is 1. The summed E-state index contributed by atoms with van der Waals surface area (Å²) >= 11 is 5.97. The molecule has 7 heteroatoms. The smallest absolute Gasteiger partial charge is 0.338 e. The Kier molecular flexibility index (Phi) is 4.56. The summed E-state index contributed by atoms with van der Waals surface area (Å²) in [6.45, 7) is 2.02. The number of ether oxygens (including phenoxy) is 1. The molecule has 0 heterocycles. The number of esters is 1. The van der Waals surface area contributed by atoms with Gasteiger partial charge in [-0.2, -0.15) is 0 Å².